The molecule has 0 spiro atoms. The van der Waals surface area contributed by atoms with Gasteiger partial charge in [-0.25, -0.2) is 0 Å². The van der Waals surface area contributed by atoms with Crippen molar-refractivity contribution in [1.82, 2.24) is 25.3 Å². The minimum Gasteiger partial charge on any atom is -0.363 e. The molecule has 0 saturated heterocycles. The van der Waals surface area contributed by atoms with Crippen LogP contribution in [0.15, 0.2) is 10.7 Å². The van der Waals surface area contributed by atoms with Crippen LogP contribution in [0.1, 0.15) is 12.1 Å². The zero-order chi connectivity index (χ0) is 13.5. The average molecular weight is 334 g/mol. The second-order valence-corrected chi connectivity index (χ2v) is 5.59. The van der Waals surface area contributed by atoms with Crippen LogP contribution in [-0.2, 0) is 13.6 Å². The summed E-state index contributed by atoms with van der Waals surface area (Å²) in [5.41, 5.74) is 1.08. The van der Waals surface area contributed by atoms with Gasteiger partial charge in [0.05, 0.1) is 22.9 Å². The van der Waals surface area contributed by atoms with Crippen LogP contribution in [0.3, 0.4) is 0 Å². The SMILES string of the molecule is CN(C)CCCNC(=S)NCc1c(Br)cnn1C. The Labute approximate surface area is 122 Å². The molecule has 0 aliphatic heterocycles. The van der Waals surface area contributed by atoms with Crippen molar-refractivity contribution in [1.29, 1.82) is 0 Å². The summed E-state index contributed by atoms with van der Waals surface area (Å²) in [5.74, 6) is 0. The Bertz CT molecular complexity index is 371. The molecule has 1 heterocycles. The summed E-state index contributed by atoms with van der Waals surface area (Å²) in [6, 6.07) is 0. The lowest BCUT2D eigenvalue weighted by Gasteiger charge is -2.12. The molecular formula is C11H20BrN5S. The Morgan fingerprint density at radius 3 is 2.78 bits per heavy atom. The molecule has 0 atom stereocenters. The Morgan fingerprint density at radius 2 is 2.22 bits per heavy atom. The maximum Gasteiger partial charge on any atom is 0.166 e. The number of aromatic nitrogens is 2. The van der Waals surface area contributed by atoms with Gasteiger partial charge >= 0.3 is 0 Å². The molecule has 0 fully saturated rings. The first-order chi connectivity index (χ1) is 8.50. The van der Waals surface area contributed by atoms with Crippen LogP contribution in [0.5, 0.6) is 0 Å². The summed E-state index contributed by atoms with van der Waals surface area (Å²) >= 11 is 8.67. The third-order valence-electron chi connectivity index (χ3n) is 2.49. The number of nitrogens with one attached hydrogen (secondary N) is 2. The fourth-order valence-electron chi connectivity index (χ4n) is 1.46. The molecule has 0 amide bonds. The molecular weight excluding hydrogens is 314 g/mol. The quantitative estimate of drug-likeness (QED) is 0.603. The summed E-state index contributed by atoms with van der Waals surface area (Å²) in [6.45, 7) is 2.61. The first kappa shape index (κ1) is 15.4. The van der Waals surface area contributed by atoms with E-state index in [4.69, 9.17) is 12.2 Å². The van der Waals surface area contributed by atoms with Gasteiger partial charge in [-0.05, 0) is 55.2 Å². The van der Waals surface area contributed by atoms with Crippen molar-refractivity contribution < 1.29 is 0 Å². The van der Waals surface area contributed by atoms with Crippen LogP contribution < -0.4 is 10.6 Å². The zero-order valence-corrected chi connectivity index (χ0v) is 13.4. The van der Waals surface area contributed by atoms with Crippen molar-refractivity contribution in [3.05, 3.63) is 16.4 Å². The third-order valence-corrected chi connectivity index (χ3v) is 3.45. The van der Waals surface area contributed by atoms with Gasteiger partial charge in [0, 0.05) is 13.6 Å². The summed E-state index contributed by atoms with van der Waals surface area (Å²) in [4.78, 5) is 2.16. The van der Waals surface area contributed by atoms with Gasteiger partial charge in [0.25, 0.3) is 0 Å². The number of hydrogen-bond donors (Lipinski definition) is 2. The van der Waals surface area contributed by atoms with Gasteiger partial charge in [0.1, 0.15) is 0 Å². The van der Waals surface area contributed by atoms with E-state index >= 15 is 0 Å². The molecule has 0 aromatic carbocycles. The predicted molar refractivity (Wildman–Crippen MR) is 81.5 cm³/mol. The number of thiocarbonyl (C=S) groups is 1. The number of hydrogen-bond acceptors (Lipinski definition) is 3. The normalized spacial score (nSPS) is 10.7. The minimum atomic E-state index is 0.663. The van der Waals surface area contributed by atoms with Crippen molar-refractivity contribution in [2.45, 2.75) is 13.0 Å². The fraction of sp³-hybridized carbons (Fsp3) is 0.636. The lowest BCUT2D eigenvalue weighted by Crippen LogP contribution is -2.36. The van der Waals surface area contributed by atoms with Gasteiger partial charge < -0.3 is 15.5 Å². The first-order valence-electron chi connectivity index (χ1n) is 5.83. The Balaban J connectivity index is 2.21. The Kier molecular flexibility index (Phi) is 6.59. The highest BCUT2D eigenvalue weighted by Gasteiger charge is 2.05. The molecule has 102 valence electrons. The van der Waals surface area contributed by atoms with Gasteiger partial charge in [-0.15, -0.1) is 0 Å². The number of aryl methyl sites for hydroxylation is 1. The topological polar surface area (TPSA) is 45.1 Å². The second-order valence-electron chi connectivity index (χ2n) is 4.33. The van der Waals surface area contributed by atoms with E-state index in [-0.39, 0.29) is 0 Å². The predicted octanol–water partition coefficient (Wildman–Crippen LogP) is 1.10. The van der Waals surface area contributed by atoms with Crippen molar-refractivity contribution in [2.24, 2.45) is 7.05 Å². The van der Waals surface area contributed by atoms with Crippen molar-refractivity contribution >= 4 is 33.3 Å². The van der Waals surface area contributed by atoms with Crippen molar-refractivity contribution in [2.75, 3.05) is 27.2 Å². The summed E-state index contributed by atoms with van der Waals surface area (Å²) < 4.78 is 2.82. The lowest BCUT2D eigenvalue weighted by molar-refractivity contribution is 0.400. The Morgan fingerprint density at radius 1 is 1.50 bits per heavy atom. The standard InChI is InChI=1S/C11H20BrN5S/c1-16(2)6-4-5-13-11(18)14-8-10-9(12)7-15-17(10)3/h7H,4-6,8H2,1-3H3,(H2,13,14,18). The minimum absolute atomic E-state index is 0.663. The molecule has 7 heteroatoms. The number of halogens is 1. The number of rotatable bonds is 6. The molecule has 0 unspecified atom stereocenters. The highest BCUT2D eigenvalue weighted by molar-refractivity contribution is 9.10. The van der Waals surface area contributed by atoms with E-state index in [0.29, 0.717) is 11.7 Å². The largest absolute Gasteiger partial charge is 0.363 e. The molecule has 18 heavy (non-hydrogen) atoms. The van der Waals surface area contributed by atoms with Gasteiger partial charge in [-0.2, -0.15) is 5.10 Å². The van der Waals surface area contributed by atoms with Crippen molar-refractivity contribution in [3.8, 4) is 0 Å². The third kappa shape index (κ3) is 5.32. The van der Waals surface area contributed by atoms with Gasteiger partial charge in [-0.1, -0.05) is 0 Å². The molecule has 1 aromatic rings. The first-order valence-corrected chi connectivity index (χ1v) is 7.03. The van der Waals surface area contributed by atoms with Crippen molar-refractivity contribution in [3.63, 3.8) is 0 Å². The summed E-state index contributed by atoms with van der Waals surface area (Å²) in [5, 5.41) is 11.2. The monoisotopic (exact) mass is 333 g/mol. The Hall–Kier alpha value is -0.660. The van der Waals surface area contributed by atoms with Gasteiger partial charge in [0.2, 0.25) is 0 Å². The zero-order valence-electron chi connectivity index (χ0n) is 11.0. The fourth-order valence-corrected chi connectivity index (χ4v) is 2.12. The highest BCUT2D eigenvalue weighted by atomic mass is 79.9. The van der Waals surface area contributed by atoms with E-state index in [0.717, 1.165) is 29.7 Å². The summed E-state index contributed by atoms with van der Waals surface area (Å²) in [6.07, 6.45) is 2.86. The molecule has 1 rings (SSSR count). The van der Waals surface area contributed by atoms with E-state index in [1.165, 1.54) is 0 Å². The summed E-state index contributed by atoms with van der Waals surface area (Å²) in [7, 11) is 6.04. The van der Waals surface area contributed by atoms with Gasteiger partial charge in [0.15, 0.2) is 5.11 Å². The maximum atomic E-state index is 5.21. The van der Waals surface area contributed by atoms with E-state index in [9.17, 15) is 0 Å². The van der Waals surface area contributed by atoms with E-state index in [2.05, 4.69) is 50.7 Å². The molecule has 0 radical (unpaired) electrons. The highest BCUT2D eigenvalue weighted by Crippen LogP contribution is 2.14. The second kappa shape index (κ2) is 7.70. The molecule has 0 aliphatic carbocycles. The van der Waals surface area contributed by atoms with Crippen LogP contribution in [-0.4, -0.2) is 47.0 Å². The molecule has 0 bridgehead atoms. The van der Waals surface area contributed by atoms with Crippen LogP contribution in [0.2, 0.25) is 0 Å². The molecule has 1 aromatic heterocycles. The molecule has 0 aliphatic rings. The van der Waals surface area contributed by atoms with E-state index < -0.39 is 0 Å². The van der Waals surface area contributed by atoms with Crippen LogP contribution in [0, 0.1) is 0 Å². The van der Waals surface area contributed by atoms with Gasteiger partial charge in [-0.3, -0.25) is 4.68 Å². The van der Waals surface area contributed by atoms with Crippen LogP contribution >= 0.6 is 28.1 Å². The average Bonchev–Trinajstić information content (AvgIpc) is 2.62. The number of nitrogens with zero attached hydrogens (tertiary/aromatic N) is 3. The molecule has 2 N–H and O–H groups in total. The van der Waals surface area contributed by atoms with E-state index in [1.807, 2.05) is 11.7 Å². The maximum absolute atomic E-state index is 5.21. The van der Waals surface area contributed by atoms with Crippen LogP contribution in [0.4, 0.5) is 0 Å². The molecule has 5 nitrogen and oxygen atoms in total. The smallest absolute Gasteiger partial charge is 0.166 e. The molecule has 0 saturated carbocycles. The van der Waals surface area contributed by atoms with E-state index in [1.54, 1.807) is 6.20 Å². The van der Waals surface area contributed by atoms with Crippen LogP contribution in [0.25, 0.3) is 0 Å². The lowest BCUT2D eigenvalue weighted by atomic mass is 10.4.